The summed E-state index contributed by atoms with van der Waals surface area (Å²) in [4.78, 5) is 3.48. The zero-order valence-corrected chi connectivity index (χ0v) is 8.14. The number of hydrogen-bond donors (Lipinski definition) is 0. The number of halogens is 2. The van der Waals surface area contributed by atoms with E-state index in [2.05, 4.69) is 9.40 Å². The monoisotopic (exact) mass is 293 g/mol. The molecule has 0 aliphatic rings. The summed E-state index contributed by atoms with van der Waals surface area (Å²) in [5.41, 5.74) is 0. The van der Waals surface area contributed by atoms with Gasteiger partial charge in [-0.15, -0.1) is 0 Å². The highest BCUT2D eigenvalue weighted by atomic mass is 127. The average Bonchev–Trinajstić information content (AvgIpc) is 2.11. The largest absolute Gasteiger partial charge is 0.439 e. The van der Waals surface area contributed by atoms with Crippen LogP contribution in [0.1, 0.15) is 0 Å². The Labute approximate surface area is 75.1 Å². The second-order valence-electron chi connectivity index (χ2n) is 1.38. The highest BCUT2D eigenvalue weighted by Crippen LogP contribution is 2.14. The molecular formula is C3HClINO3S. The zero-order chi connectivity index (χ0) is 7.78. The maximum absolute atomic E-state index is 10.5. The van der Waals surface area contributed by atoms with Crippen molar-refractivity contribution in [3.8, 4) is 0 Å². The van der Waals surface area contributed by atoms with E-state index < -0.39 is 9.05 Å². The summed E-state index contributed by atoms with van der Waals surface area (Å²) < 4.78 is 25.8. The van der Waals surface area contributed by atoms with Crippen LogP contribution in [-0.4, -0.2) is 13.4 Å². The first-order valence-electron chi connectivity index (χ1n) is 2.06. The summed E-state index contributed by atoms with van der Waals surface area (Å²) in [5.74, 6) is 0. The van der Waals surface area contributed by atoms with Crippen molar-refractivity contribution in [3.63, 3.8) is 0 Å². The van der Waals surface area contributed by atoms with Crippen LogP contribution in [0, 0.1) is 3.90 Å². The molecule has 0 aliphatic carbocycles. The van der Waals surface area contributed by atoms with Crippen molar-refractivity contribution < 1.29 is 12.8 Å². The van der Waals surface area contributed by atoms with Gasteiger partial charge in [0.1, 0.15) is 6.26 Å². The van der Waals surface area contributed by atoms with Crippen molar-refractivity contribution in [3.05, 3.63) is 10.2 Å². The zero-order valence-electron chi connectivity index (χ0n) is 4.41. The standard InChI is InChI=1S/C3HClINO3S/c4-10(7,8)2-1-9-3(5)6-2/h1H. The van der Waals surface area contributed by atoms with E-state index in [0.717, 1.165) is 6.26 Å². The molecule has 1 heterocycles. The first kappa shape index (κ1) is 8.28. The van der Waals surface area contributed by atoms with Gasteiger partial charge in [0, 0.05) is 33.3 Å². The number of rotatable bonds is 1. The Kier molecular flexibility index (Phi) is 2.21. The average molecular weight is 293 g/mol. The Morgan fingerprint density at radius 3 is 2.50 bits per heavy atom. The van der Waals surface area contributed by atoms with E-state index >= 15 is 0 Å². The summed E-state index contributed by atoms with van der Waals surface area (Å²) in [6.07, 6.45) is 0.990. The van der Waals surface area contributed by atoms with Gasteiger partial charge in [0.05, 0.1) is 0 Å². The van der Waals surface area contributed by atoms with Crippen molar-refractivity contribution in [2.45, 2.75) is 5.03 Å². The molecule has 0 spiro atoms. The molecule has 0 aliphatic heterocycles. The lowest BCUT2D eigenvalue weighted by molar-refractivity contribution is 0.523. The van der Waals surface area contributed by atoms with Gasteiger partial charge in [-0.1, -0.05) is 0 Å². The molecule has 0 N–H and O–H groups in total. The molecule has 1 aromatic heterocycles. The van der Waals surface area contributed by atoms with E-state index in [-0.39, 0.29) is 8.92 Å². The van der Waals surface area contributed by atoms with Gasteiger partial charge < -0.3 is 4.42 Å². The molecule has 0 saturated carbocycles. The second-order valence-corrected chi connectivity index (χ2v) is 4.81. The van der Waals surface area contributed by atoms with Crippen molar-refractivity contribution >= 4 is 42.3 Å². The summed E-state index contributed by atoms with van der Waals surface area (Å²) in [6, 6.07) is 0. The van der Waals surface area contributed by atoms with Gasteiger partial charge in [-0.3, -0.25) is 0 Å². The fourth-order valence-corrected chi connectivity index (χ4v) is 1.47. The molecule has 0 fully saturated rings. The Bertz CT molecular complexity index is 331. The van der Waals surface area contributed by atoms with Crippen LogP contribution in [0.2, 0.25) is 0 Å². The third-order valence-corrected chi connectivity index (χ3v) is 2.36. The van der Waals surface area contributed by atoms with Gasteiger partial charge in [-0.2, -0.15) is 4.98 Å². The van der Waals surface area contributed by atoms with Gasteiger partial charge in [-0.05, 0) is 0 Å². The predicted molar refractivity (Wildman–Crippen MR) is 42.3 cm³/mol. The number of oxazole rings is 1. The molecule has 1 aromatic rings. The topological polar surface area (TPSA) is 60.2 Å². The van der Waals surface area contributed by atoms with Gasteiger partial charge in [0.15, 0.2) is 0 Å². The van der Waals surface area contributed by atoms with Crippen LogP contribution in [0.5, 0.6) is 0 Å². The quantitative estimate of drug-likeness (QED) is 0.577. The number of hydrogen-bond acceptors (Lipinski definition) is 4. The molecule has 0 atom stereocenters. The summed E-state index contributed by atoms with van der Waals surface area (Å²) in [6.45, 7) is 0. The van der Waals surface area contributed by atoms with E-state index in [1.165, 1.54) is 0 Å². The summed E-state index contributed by atoms with van der Waals surface area (Å²) in [7, 11) is 1.20. The second kappa shape index (κ2) is 2.67. The first-order chi connectivity index (χ1) is 4.50. The Hall–Kier alpha value is 0.180. The molecule has 0 aromatic carbocycles. The maximum atomic E-state index is 10.5. The smallest absolute Gasteiger partial charge is 0.281 e. The first-order valence-corrected chi connectivity index (χ1v) is 5.44. The van der Waals surface area contributed by atoms with Gasteiger partial charge >= 0.3 is 0 Å². The summed E-state index contributed by atoms with van der Waals surface area (Å²) in [5, 5.41) is -0.251. The number of nitrogens with zero attached hydrogens (tertiary/aromatic N) is 1. The molecule has 0 radical (unpaired) electrons. The van der Waals surface area contributed by atoms with Crippen LogP contribution in [0.25, 0.3) is 0 Å². The Morgan fingerprint density at radius 2 is 2.30 bits per heavy atom. The molecule has 56 valence electrons. The molecule has 4 nitrogen and oxygen atoms in total. The van der Waals surface area contributed by atoms with Gasteiger partial charge in [0.25, 0.3) is 12.9 Å². The van der Waals surface area contributed by atoms with Crippen LogP contribution < -0.4 is 0 Å². The van der Waals surface area contributed by atoms with Crippen LogP contribution in [0.3, 0.4) is 0 Å². The minimum Gasteiger partial charge on any atom is -0.439 e. The molecule has 10 heavy (non-hydrogen) atoms. The Morgan fingerprint density at radius 1 is 1.70 bits per heavy atom. The van der Waals surface area contributed by atoms with Crippen molar-refractivity contribution in [2.24, 2.45) is 0 Å². The summed E-state index contributed by atoms with van der Waals surface area (Å²) >= 11 is 1.74. The van der Waals surface area contributed by atoms with Crippen molar-refractivity contribution in [1.82, 2.24) is 4.98 Å². The van der Waals surface area contributed by atoms with E-state index in [1.807, 2.05) is 0 Å². The fraction of sp³-hybridized carbons (Fsp3) is 0. The van der Waals surface area contributed by atoms with Gasteiger partial charge in [0.2, 0.25) is 5.03 Å². The number of aromatic nitrogens is 1. The van der Waals surface area contributed by atoms with Gasteiger partial charge in [-0.25, -0.2) is 8.42 Å². The molecular weight excluding hydrogens is 292 g/mol. The molecule has 0 amide bonds. The van der Waals surface area contributed by atoms with E-state index in [9.17, 15) is 8.42 Å². The highest BCUT2D eigenvalue weighted by molar-refractivity contribution is 14.1. The minimum atomic E-state index is -3.72. The Balaban J connectivity index is 3.21. The lowest BCUT2D eigenvalue weighted by atomic mass is 11.0. The fourth-order valence-electron chi connectivity index (χ4n) is 0.350. The third kappa shape index (κ3) is 1.83. The van der Waals surface area contributed by atoms with Crippen molar-refractivity contribution in [2.75, 3.05) is 0 Å². The lowest BCUT2D eigenvalue weighted by Gasteiger charge is -1.80. The minimum absolute atomic E-state index is 0.247. The van der Waals surface area contributed by atoms with Crippen LogP contribution >= 0.6 is 33.3 Å². The molecule has 0 saturated heterocycles. The third-order valence-electron chi connectivity index (χ3n) is 0.705. The molecule has 1 rings (SSSR count). The SMILES string of the molecule is O=S(=O)(Cl)c1coc(I)n1. The predicted octanol–water partition coefficient (Wildman–Crippen LogP) is 1.21. The van der Waals surface area contributed by atoms with Crippen molar-refractivity contribution in [1.29, 1.82) is 0 Å². The lowest BCUT2D eigenvalue weighted by Crippen LogP contribution is -1.89. The molecule has 0 bridgehead atoms. The molecule has 0 unspecified atom stereocenters. The van der Waals surface area contributed by atoms with E-state index in [1.54, 1.807) is 22.6 Å². The maximum Gasteiger partial charge on any atom is 0.281 e. The molecule has 7 heteroatoms. The van der Waals surface area contributed by atoms with Crippen LogP contribution in [0.4, 0.5) is 0 Å². The van der Waals surface area contributed by atoms with Crippen LogP contribution in [0.15, 0.2) is 15.7 Å². The van der Waals surface area contributed by atoms with Crippen LogP contribution in [-0.2, 0) is 9.05 Å². The van der Waals surface area contributed by atoms with E-state index in [0.29, 0.717) is 0 Å². The van der Waals surface area contributed by atoms with E-state index in [4.69, 9.17) is 10.7 Å². The highest BCUT2D eigenvalue weighted by Gasteiger charge is 2.14. The normalized spacial score (nSPS) is 11.8.